The van der Waals surface area contributed by atoms with Crippen LogP contribution >= 0.6 is 0 Å². The Bertz CT molecular complexity index is 1240. The maximum absolute atomic E-state index is 13.5. The Kier molecular flexibility index (Phi) is 3.96. The van der Waals surface area contributed by atoms with Crippen molar-refractivity contribution in [3.05, 3.63) is 58.5 Å². The molecule has 3 heterocycles. The minimum atomic E-state index is -0.326. The van der Waals surface area contributed by atoms with E-state index in [0.29, 0.717) is 33.8 Å². The summed E-state index contributed by atoms with van der Waals surface area (Å²) in [6.45, 7) is 1.79. The predicted octanol–water partition coefficient (Wildman–Crippen LogP) is 4.06. The smallest absolute Gasteiger partial charge is 0.262 e. The molecule has 3 aromatic heterocycles. The van der Waals surface area contributed by atoms with Gasteiger partial charge in [0.1, 0.15) is 11.6 Å². The lowest BCUT2D eigenvalue weighted by atomic mass is 9.95. The van der Waals surface area contributed by atoms with Gasteiger partial charge in [-0.3, -0.25) is 4.79 Å². The zero-order chi connectivity index (χ0) is 19.3. The Hall–Kier alpha value is -3.09. The Balaban J connectivity index is 1.86. The summed E-state index contributed by atoms with van der Waals surface area (Å²) in [5.74, 6) is 0.672. The summed E-state index contributed by atoms with van der Waals surface area (Å²) in [6.07, 6.45) is 7.37. The lowest BCUT2D eigenvalue weighted by molar-refractivity contribution is 0.347. The fourth-order valence-corrected chi connectivity index (χ4v) is 4.22. The number of hydrogen-bond donors (Lipinski definition) is 0. The average molecular weight is 377 g/mol. The van der Waals surface area contributed by atoms with Crippen LogP contribution in [0.25, 0.3) is 27.9 Å². The first kappa shape index (κ1) is 17.0. The molecule has 28 heavy (non-hydrogen) atoms. The molecule has 0 unspecified atom stereocenters. The second-order valence-corrected chi connectivity index (χ2v) is 7.42. The maximum Gasteiger partial charge on any atom is 0.262 e. The van der Waals surface area contributed by atoms with Crippen LogP contribution in [0.15, 0.2) is 41.3 Å². The first-order chi connectivity index (χ1) is 13.6. The zero-order valence-corrected chi connectivity index (χ0v) is 15.6. The molecule has 7 heteroatoms. The van der Waals surface area contributed by atoms with Gasteiger partial charge in [0.25, 0.3) is 11.3 Å². The second kappa shape index (κ2) is 6.51. The van der Waals surface area contributed by atoms with Crippen LogP contribution in [-0.4, -0.2) is 24.1 Å². The average Bonchev–Trinajstić information content (AvgIpc) is 3.08. The summed E-state index contributed by atoms with van der Waals surface area (Å²) < 4.78 is 16.9. The standard InChI is InChI=1S/C21H20FN5O/c1-13-23-21-24-17-11-12-26(16-5-3-2-4-6-16)20(28)18(17)19(27(21)25-13)14-7-9-15(22)10-8-14/h7-12,16H,2-6H2,1H3. The number of fused-ring (bicyclic) bond motifs is 2. The van der Waals surface area contributed by atoms with Gasteiger partial charge in [-0.15, -0.1) is 5.10 Å². The molecule has 142 valence electrons. The molecular weight excluding hydrogens is 357 g/mol. The van der Waals surface area contributed by atoms with Crippen LogP contribution in [0.4, 0.5) is 4.39 Å². The van der Waals surface area contributed by atoms with E-state index in [-0.39, 0.29) is 17.4 Å². The highest BCUT2D eigenvalue weighted by Crippen LogP contribution is 2.30. The maximum atomic E-state index is 13.5. The van der Waals surface area contributed by atoms with Crippen LogP contribution in [0.1, 0.15) is 44.0 Å². The number of aromatic nitrogens is 5. The minimum absolute atomic E-state index is 0.0775. The van der Waals surface area contributed by atoms with Crippen LogP contribution in [0.5, 0.6) is 0 Å². The third-order valence-corrected chi connectivity index (χ3v) is 5.55. The van der Waals surface area contributed by atoms with E-state index in [1.807, 2.05) is 16.8 Å². The highest BCUT2D eigenvalue weighted by Gasteiger charge is 2.21. The zero-order valence-electron chi connectivity index (χ0n) is 15.6. The first-order valence-electron chi connectivity index (χ1n) is 9.66. The van der Waals surface area contributed by atoms with E-state index in [9.17, 15) is 9.18 Å². The van der Waals surface area contributed by atoms with Crippen LogP contribution < -0.4 is 5.56 Å². The Morgan fingerprint density at radius 2 is 1.79 bits per heavy atom. The van der Waals surface area contributed by atoms with Crippen molar-refractivity contribution in [2.45, 2.75) is 45.1 Å². The van der Waals surface area contributed by atoms with Gasteiger partial charge in [-0.1, -0.05) is 19.3 Å². The van der Waals surface area contributed by atoms with Crippen molar-refractivity contribution in [1.82, 2.24) is 24.1 Å². The van der Waals surface area contributed by atoms with Crippen molar-refractivity contribution in [1.29, 1.82) is 0 Å². The Morgan fingerprint density at radius 1 is 1.04 bits per heavy atom. The molecule has 0 radical (unpaired) electrons. The summed E-state index contributed by atoms with van der Waals surface area (Å²) in [5, 5.41) is 4.94. The van der Waals surface area contributed by atoms with Crippen molar-refractivity contribution < 1.29 is 4.39 Å². The molecule has 0 amide bonds. The van der Waals surface area contributed by atoms with Gasteiger partial charge in [0.05, 0.1) is 16.6 Å². The van der Waals surface area contributed by atoms with Gasteiger partial charge in [-0.05, 0) is 50.1 Å². The first-order valence-corrected chi connectivity index (χ1v) is 9.66. The summed E-state index contributed by atoms with van der Waals surface area (Å²) in [7, 11) is 0. The largest absolute Gasteiger partial charge is 0.312 e. The molecule has 0 spiro atoms. The molecule has 0 aliphatic heterocycles. The normalized spacial score (nSPS) is 15.5. The van der Waals surface area contributed by atoms with Crippen LogP contribution in [0, 0.1) is 12.7 Å². The van der Waals surface area contributed by atoms with Gasteiger partial charge in [0.2, 0.25) is 0 Å². The van der Waals surface area contributed by atoms with E-state index in [4.69, 9.17) is 0 Å². The van der Waals surface area contributed by atoms with Gasteiger partial charge in [0.15, 0.2) is 0 Å². The van der Waals surface area contributed by atoms with E-state index in [1.165, 1.54) is 18.6 Å². The van der Waals surface area contributed by atoms with E-state index in [2.05, 4.69) is 15.1 Å². The molecule has 1 fully saturated rings. The quantitative estimate of drug-likeness (QED) is 0.528. The molecule has 0 saturated heterocycles. The van der Waals surface area contributed by atoms with Crippen LogP contribution in [-0.2, 0) is 0 Å². The van der Waals surface area contributed by atoms with Crippen molar-refractivity contribution >= 4 is 16.7 Å². The van der Waals surface area contributed by atoms with E-state index in [1.54, 1.807) is 23.6 Å². The topological polar surface area (TPSA) is 65.1 Å². The Morgan fingerprint density at radius 3 is 2.54 bits per heavy atom. The molecule has 5 rings (SSSR count). The summed E-state index contributed by atoms with van der Waals surface area (Å²) in [4.78, 5) is 22.4. The third kappa shape index (κ3) is 2.69. The van der Waals surface area contributed by atoms with E-state index < -0.39 is 0 Å². The highest BCUT2D eigenvalue weighted by atomic mass is 19.1. The van der Waals surface area contributed by atoms with Crippen LogP contribution in [0.3, 0.4) is 0 Å². The van der Waals surface area contributed by atoms with Gasteiger partial charge >= 0.3 is 0 Å². The highest BCUT2D eigenvalue weighted by molar-refractivity contribution is 5.93. The van der Waals surface area contributed by atoms with Crippen molar-refractivity contribution in [3.8, 4) is 11.3 Å². The van der Waals surface area contributed by atoms with E-state index in [0.717, 1.165) is 25.7 Å². The number of benzene rings is 1. The summed E-state index contributed by atoms with van der Waals surface area (Å²) in [5.41, 5.74) is 1.82. The van der Waals surface area contributed by atoms with Crippen molar-refractivity contribution in [2.75, 3.05) is 0 Å². The number of rotatable bonds is 2. The minimum Gasteiger partial charge on any atom is -0.312 e. The molecule has 1 aliphatic carbocycles. The molecule has 4 aromatic rings. The number of halogens is 1. The Labute approximate surface area is 160 Å². The summed E-state index contributed by atoms with van der Waals surface area (Å²) >= 11 is 0. The SMILES string of the molecule is Cc1nc2nc3ccn(C4CCCCC4)c(=O)c3c(-c3ccc(F)cc3)n2n1. The summed E-state index contributed by atoms with van der Waals surface area (Å²) in [6, 6.07) is 8.19. The monoisotopic (exact) mass is 377 g/mol. The molecule has 0 bridgehead atoms. The van der Waals surface area contributed by atoms with Gasteiger partial charge in [-0.2, -0.15) is 9.50 Å². The lowest BCUT2D eigenvalue weighted by Crippen LogP contribution is -2.27. The molecular formula is C21H20FN5O. The van der Waals surface area contributed by atoms with E-state index >= 15 is 0 Å². The lowest BCUT2D eigenvalue weighted by Gasteiger charge is -2.24. The van der Waals surface area contributed by atoms with Gasteiger partial charge in [-0.25, -0.2) is 9.37 Å². The fourth-order valence-electron chi connectivity index (χ4n) is 4.22. The molecule has 0 atom stereocenters. The molecule has 0 N–H and O–H groups in total. The van der Waals surface area contributed by atoms with Crippen LogP contribution in [0.2, 0.25) is 0 Å². The number of hydrogen-bond acceptors (Lipinski definition) is 4. The third-order valence-electron chi connectivity index (χ3n) is 5.55. The molecule has 1 aliphatic rings. The predicted molar refractivity (Wildman–Crippen MR) is 105 cm³/mol. The fraction of sp³-hybridized carbons (Fsp3) is 0.333. The molecule has 1 saturated carbocycles. The van der Waals surface area contributed by atoms with Crippen molar-refractivity contribution in [2.24, 2.45) is 0 Å². The number of nitrogens with zero attached hydrogens (tertiary/aromatic N) is 5. The van der Waals surface area contributed by atoms with Gasteiger partial charge < -0.3 is 4.57 Å². The number of pyridine rings is 1. The molecule has 6 nitrogen and oxygen atoms in total. The van der Waals surface area contributed by atoms with Gasteiger partial charge in [0, 0.05) is 17.8 Å². The van der Waals surface area contributed by atoms with Crippen molar-refractivity contribution in [3.63, 3.8) is 0 Å². The second-order valence-electron chi connectivity index (χ2n) is 7.42. The molecule has 1 aromatic carbocycles. The number of aryl methyl sites for hydroxylation is 1.